The van der Waals surface area contributed by atoms with Crippen LogP contribution in [0.4, 0.5) is 38.1 Å². The standard InChI is InChI=1S/C29H29F6N5O/c1-40(2)26-23-5-3-4-6-24(23)38-27(39-26)37-21-9-7-20(8-10-21)36-16-22-11-12-25(41-22)17-13-18(28(30,31)32)15-19(14-17)29(33,34)35/h3-6,11-15,20-21,36H,7-10,16H2,1-2H3,(H,37,38,39). The van der Waals surface area contributed by atoms with Gasteiger partial charge < -0.3 is 20.0 Å². The normalized spacial score (nSPS) is 18.0. The molecular weight excluding hydrogens is 548 g/mol. The summed E-state index contributed by atoms with van der Waals surface area (Å²) in [4.78, 5) is 11.3. The van der Waals surface area contributed by atoms with Crippen molar-refractivity contribution in [3.63, 3.8) is 0 Å². The van der Waals surface area contributed by atoms with Crippen molar-refractivity contribution >= 4 is 22.7 Å². The number of hydrogen-bond acceptors (Lipinski definition) is 6. The number of para-hydroxylation sites is 1. The molecule has 6 nitrogen and oxygen atoms in total. The highest BCUT2D eigenvalue weighted by Crippen LogP contribution is 2.39. The summed E-state index contributed by atoms with van der Waals surface area (Å²) >= 11 is 0. The first kappa shape index (κ1) is 28.7. The highest BCUT2D eigenvalue weighted by molar-refractivity contribution is 5.90. The Balaban J connectivity index is 1.19. The second kappa shape index (κ2) is 11.2. The Kier molecular flexibility index (Phi) is 7.87. The van der Waals surface area contributed by atoms with Crippen LogP contribution in [0.25, 0.3) is 22.2 Å². The quantitative estimate of drug-likeness (QED) is 0.222. The molecular formula is C29H29F6N5O. The van der Waals surface area contributed by atoms with Crippen LogP contribution in [0.1, 0.15) is 42.6 Å². The second-order valence-electron chi connectivity index (χ2n) is 10.4. The van der Waals surface area contributed by atoms with Crippen molar-refractivity contribution in [2.45, 2.75) is 56.7 Å². The summed E-state index contributed by atoms with van der Waals surface area (Å²) in [5, 5.41) is 7.82. The van der Waals surface area contributed by atoms with E-state index in [1.807, 2.05) is 43.3 Å². The maximum atomic E-state index is 13.2. The van der Waals surface area contributed by atoms with Crippen LogP contribution in [0, 0.1) is 0 Å². The molecule has 1 saturated carbocycles. The summed E-state index contributed by atoms with van der Waals surface area (Å²) in [7, 11) is 3.88. The van der Waals surface area contributed by atoms with Crippen molar-refractivity contribution in [2.24, 2.45) is 0 Å². The number of benzene rings is 2. The Morgan fingerprint density at radius 2 is 1.46 bits per heavy atom. The molecule has 1 aliphatic carbocycles. The molecule has 1 fully saturated rings. The van der Waals surface area contributed by atoms with Crippen molar-refractivity contribution in [3.8, 4) is 11.3 Å². The highest BCUT2D eigenvalue weighted by atomic mass is 19.4. The van der Waals surface area contributed by atoms with E-state index in [0.29, 0.717) is 30.4 Å². The predicted molar refractivity (Wildman–Crippen MR) is 145 cm³/mol. The number of nitrogens with one attached hydrogen (secondary N) is 2. The summed E-state index contributed by atoms with van der Waals surface area (Å²) in [6.07, 6.45) is -6.37. The van der Waals surface area contributed by atoms with E-state index < -0.39 is 23.5 Å². The zero-order valence-electron chi connectivity index (χ0n) is 22.4. The minimum atomic E-state index is -4.92. The molecule has 5 rings (SSSR count). The molecule has 0 radical (unpaired) electrons. The SMILES string of the molecule is CN(C)c1nc(NC2CCC(NCc3ccc(-c4cc(C(F)(F)F)cc(C(F)(F)F)c4)o3)CC2)nc2ccccc12. The molecule has 0 aliphatic heterocycles. The number of furan rings is 1. The van der Waals surface area contributed by atoms with Crippen molar-refractivity contribution in [1.82, 2.24) is 15.3 Å². The molecule has 0 bridgehead atoms. The van der Waals surface area contributed by atoms with Gasteiger partial charge in [-0.2, -0.15) is 31.3 Å². The summed E-state index contributed by atoms with van der Waals surface area (Å²) in [5.74, 6) is 1.78. The second-order valence-corrected chi connectivity index (χ2v) is 10.4. The zero-order chi connectivity index (χ0) is 29.4. The van der Waals surface area contributed by atoms with E-state index in [2.05, 4.69) is 15.6 Å². The van der Waals surface area contributed by atoms with E-state index in [9.17, 15) is 26.3 Å². The summed E-state index contributed by atoms with van der Waals surface area (Å²) in [5.41, 5.74) is -2.17. The Morgan fingerprint density at radius 1 is 0.829 bits per heavy atom. The molecule has 218 valence electrons. The Morgan fingerprint density at radius 3 is 2.10 bits per heavy atom. The maximum Gasteiger partial charge on any atom is 0.416 e. The zero-order valence-corrected chi connectivity index (χ0v) is 22.4. The van der Waals surface area contributed by atoms with Gasteiger partial charge in [-0.15, -0.1) is 0 Å². The van der Waals surface area contributed by atoms with Crippen LogP contribution in [-0.4, -0.2) is 36.1 Å². The van der Waals surface area contributed by atoms with Gasteiger partial charge in [0.15, 0.2) is 0 Å². The number of alkyl halides is 6. The van der Waals surface area contributed by atoms with E-state index in [1.165, 1.54) is 6.07 Å². The van der Waals surface area contributed by atoms with Gasteiger partial charge in [0.05, 0.1) is 23.2 Å². The van der Waals surface area contributed by atoms with Crippen LogP contribution in [0.15, 0.2) is 59.0 Å². The molecule has 0 saturated heterocycles. The predicted octanol–water partition coefficient (Wildman–Crippen LogP) is 7.51. The van der Waals surface area contributed by atoms with Crippen LogP contribution in [0.5, 0.6) is 0 Å². The third kappa shape index (κ3) is 6.75. The molecule has 0 amide bonds. The largest absolute Gasteiger partial charge is 0.460 e. The third-order valence-corrected chi connectivity index (χ3v) is 7.17. The summed E-state index contributed by atoms with van der Waals surface area (Å²) < 4.78 is 85.0. The fraction of sp³-hybridized carbons (Fsp3) is 0.379. The first-order valence-corrected chi connectivity index (χ1v) is 13.2. The van der Waals surface area contributed by atoms with Gasteiger partial charge in [-0.25, -0.2) is 4.98 Å². The van der Waals surface area contributed by atoms with Gasteiger partial charge in [-0.3, -0.25) is 0 Å². The van der Waals surface area contributed by atoms with Crippen LogP contribution in [-0.2, 0) is 18.9 Å². The molecule has 12 heteroatoms. The van der Waals surface area contributed by atoms with E-state index in [0.717, 1.165) is 42.4 Å². The summed E-state index contributed by atoms with van der Waals surface area (Å²) in [6, 6.07) is 12.6. The Hall–Kier alpha value is -3.80. The lowest BCUT2D eigenvalue weighted by molar-refractivity contribution is -0.143. The number of halogens is 6. The molecule has 2 aromatic carbocycles. The molecule has 2 heterocycles. The number of hydrogen-bond donors (Lipinski definition) is 2. The topological polar surface area (TPSA) is 66.2 Å². The van der Waals surface area contributed by atoms with Crippen molar-refractivity contribution in [3.05, 3.63) is 71.5 Å². The fourth-order valence-corrected chi connectivity index (χ4v) is 5.06. The van der Waals surface area contributed by atoms with Crippen LogP contribution in [0.3, 0.4) is 0 Å². The van der Waals surface area contributed by atoms with Crippen LogP contribution >= 0.6 is 0 Å². The van der Waals surface area contributed by atoms with Gasteiger partial charge in [-0.05, 0) is 68.1 Å². The van der Waals surface area contributed by atoms with Crippen molar-refractivity contribution < 1.29 is 30.8 Å². The highest BCUT2D eigenvalue weighted by Gasteiger charge is 2.37. The number of rotatable bonds is 7. The van der Waals surface area contributed by atoms with Crippen molar-refractivity contribution in [1.29, 1.82) is 0 Å². The number of fused-ring (bicyclic) bond motifs is 1. The Bertz CT molecular complexity index is 1470. The van der Waals surface area contributed by atoms with Gasteiger partial charge in [0.1, 0.15) is 17.3 Å². The lowest BCUT2D eigenvalue weighted by atomic mass is 9.91. The smallest absolute Gasteiger partial charge is 0.416 e. The summed E-state index contributed by atoms with van der Waals surface area (Å²) in [6.45, 7) is 0.299. The third-order valence-electron chi connectivity index (χ3n) is 7.17. The molecule has 1 aliphatic rings. The molecule has 0 atom stereocenters. The van der Waals surface area contributed by atoms with Gasteiger partial charge in [-0.1, -0.05) is 12.1 Å². The van der Waals surface area contributed by atoms with E-state index >= 15 is 0 Å². The number of aromatic nitrogens is 2. The minimum Gasteiger partial charge on any atom is -0.460 e. The van der Waals surface area contributed by atoms with Gasteiger partial charge in [0.2, 0.25) is 5.95 Å². The lowest BCUT2D eigenvalue weighted by Gasteiger charge is -2.30. The molecule has 2 N–H and O–H groups in total. The first-order valence-electron chi connectivity index (χ1n) is 13.2. The average molecular weight is 578 g/mol. The minimum absolute atomic E-state index is 0.0567. The average Bonchev–Trinajstić information content (AvgIpc) is 3.40. The molecule has 2 aromatic heterocycles. The van der Waals surface area contributed by atoms with Crippen LogP contribution < -0.4 is 15.5 Å². The fourth-order valence-electron chi connectivity index (χ4n) is 5.06. The van der Waals surface area contributed by atoms with Crippen molar-refractivity contribution in [2.75, 3.05) is 24.3 Å². The van der Waals surface area contributed by atoms with Gasteiger partial charge in [0, 0.05) is 37.1 Å². The van der Waals surface area contributed by atoms with Gasteiger partial charge >= 0.3 is 12.4 Å². The maximum absolute atomic E-state index is 13.2. The molecule has 0 unspecified atom stereocenters. The van der Waals surface area contributed by atoms with Gasteiger partial charge in [0.25, 0.3) is 0 Å². The lowest BCUT2D eigenvalue weighted by Crippen LogP contribution is -2.36. The molecule has 0 spiro atoms. The van der Waals surface area contributed by atoms with E-state index in [4.69, 9.17) is 9.40 Å². The first-order chi connectivity index (χ1) is 19.4. The monoisotopic (exact) mass is 577 g/mol. The molecule has 41 heavy (non-hydrogen) atoms. The molecule has 4 aromatic rings. The van der Waals surface area contributed by atoms with Crippen LogP contribution in [0.2, 0.25) is 0 Å². The number of anilines is 2. The number of nitrogens with zero attached hydrogens (tertiary/aromatic N) is 3. The Labute approximate surface area is 232 Å². The van der Waals surface area contributed by atoms with E-state index in [1.54, 1.807) is 6.07 Å². The van der Waals surface area contributed by atoms with E-state index in [-0.39, 0.29) is 29.5 Å².